The van der Waals surface area contributed by atoms with Gasteiger partial charge in [-0.3, -0.25) is 9.36 Å². The van der Waals surface area contributed by atoms with Crippen LogP contribution in [-0.4, -0.2) is 33.4 Å². The Balaban J connectivity index is 1.53. The number of amides is 1. The third-order valence-corrected chi connectivity index (χ3v) is 4.71. The van der Waals surface area contributed by atoms with E-state index in [-0.39, 0.29) is 18.3 Å². The highest BCUT2D eigenvalue weighted by Crippen LogP contribution is 2.22. The SMILES string of the molecule is O=C(Cn1cccnc1=O)N1CCCC(CCc2ccc(F)cc2)C1. The van der Waals surface area contributed by atoms with Crippen LogP contribution in [0.2, 0.25) is 0 Å². The number of halogens is 1. The summed E-state index contributed by atoms with van der Waals surface area (Å²) in [5, 5.41) is 0. The molecular weight excluding hydrogens is 321 g/mol. The maximum atomic E-state index is 13.0. The molecule has 1 aromatic carbocycles. The summed E-state index contributed by atoms with van der Waals surface area (Å²) < 4.78 is 14.3. The molecule has 0 radical (unpaired) electrons. The fourth-order valence-corrected chi connectivity index (χ4v) is 3.30. The molecular formula is C19H22FN3O2. The Labute approximate surface area is 146 Å². The van der Waals surface area contributed by atoms with E-state index in [1.54, 1.807) is 12.3 Å². The van der Waals surface area contributed by atoms with Crippen LogP contribution in [0.4, 0.5) is 4.39 Å². The molecule has 1 fully saturated rings. The molecule has 0 bridgehead atoms. The molecule has 25 heavy (non-hydrogen) atoms. The third-order valence-electron chi connectivity index (χ3n) is 4.71. The summed E-state index contributed by atoms with van der Waals surface area (Å²) in [5.41, 5.74) is 0.715. The quantitative estimate of drug-likeness (QED) is 0.837. The molecule has 1 aromatic heterocycles. The fraction of sp³-hybridized carbons (Fsp3) is 0.421. The largest absolute Gasteiger partial charge is 0.347 e. The number of aromatic nitrogens is 2. The third kappa shape index (κ3) is 4.75. The first-order chi connectivity index (χ1) is 12.1. The van der Waals surface area contributed by atoms with E-state index in [2.05, 4.69) is 4.98 Å². The van der Waals surface area contributed by atoms with Crippen LogP contribution in [0.5, 0.6) is 0 Å². The Morgan fingerprint density at radius 2 is 2.08 bits per heavy atom. The highest BCUT2D eigenvalue weighted by molar-refractivity contribution is 5.76. The van der Waals surface area contributed by atoms with Crippen LogP contribution in [0.3, 0.4) is 0 Å². The molecule has 1 unspecified atom stereocenters. The molecule has 0 N–H and O–H groups in total. The van der Waals surface area contributed by atoms with Gasteiger partial charge in [0, 0.05) is 25.5 Å². The fourth-order valence-electron chi connectivity index (χ4n) is 3.30. The summed E-state index contributed by atoms with van der Waals surface area (Å²) in [7, 11) is 0. The number of likely N-dealkylation sites (tertiary alicyclic amines) is 1. The van der Waals surface area contributed by atoms with E-state index < -0.39 is 5.69 Å². The monoisotopic (exact) mass is 343 g/mol. The predicted octanol–water partition coefficient (Wildman–Crippen LogP) is 2.25. The second kappa shape index (κ2) is 8.05. The number of benzene rings is 1. The lowest BCUT2D eigenvalue weighted by molar-refractivity contribution is -0.133. The van der Waals surface area contributed by atoms with E-state index >= 15 is 0 Å². The smallest absolute Gasteiger partial charge is 0.341 e. The molecule has 132 valence electrons. The molecule has 2 aromatic rings. The van der Waals surface area contributed by atoms with Gasteiger partial charge in [-0.25, -0.2) is 14.2 Å². The summed E-state index contributed by atoms with van der Waals surface area (Å²) in [6.07, 6.45) is 6.94. The Hall–Kier alpha value is -2.50. The van der Waals surface area contributed by atoms with Gasteiger partial charge in [0.15, 0.2) is 0 Å². The van der Waals surface area contributed by atoms with Gasteiger partial charge >= 0.3 is 5.69 Å². The number of hydrogen-bond acceptors (Lipinski definition) is 3. The molecule has 1 amide bonds. The van der Waals surface area contributed by atoms with Crippen molar-refractivity contribution in [3.8, 4) is 0 Å². The van der Waals surface area contributed by atoms with Gasteiger partial charge in [-0.15, -0.1) is 0 Å². The zero-order chi connectivity index (χ0) is 17.6. The summed E-state index contributed by atoms with van der Waals surface area (Å²) in [4.78, 5) is 29.6. The number of piperidine rings is 1. The van der Waals surface area contributed by atoms with E-state index in [9.17, 15) is 14.0 Å². The van der Waals surface area contributed by atoms with Crippen molar-refractivity contribution in [2.75, 3.05) is 13.1 Å². The van der Waals surface area contributed by atoms with E-state index in [0.29, 0.717) is 5.92 Å². The minimum absolute atomic E-state index is 0.0390. The van der Waals surface area contributed by atoms with Gasteiger partial charge in [0.25, 0.3) is 0 Å². The number of hydrogen-bond donors (Lipinski definition) is 0. The molecule has 1 aliphatic rings. The Morgan fingerprint density at radius 3 is 2.84 bits per heavy atom. The van der Waals surface area contributed by atoms with Gasteiger partial charge in [0.1, 0.15) is 12.4 Å². The molecule has 0 saturated carbocycles. The van der Waals surface area contributed by atoms with Gasteiger partial charge in [0.2, 0.25) is 5.91 Å². The molecule has 6 heteroatoms. The van der Waals surface area contributed by atoms with E-state index in [1.807, 2.05) is 17.0 Å². The highest BCUT2D eigenvalue weighted by atomic mass is 19.1. The van der Waals surface area contributed by atoms with Crippen molar-refractivity contribution in [3.63, 3.8) is 0 Å². The highest BCUT2D eigenvalue weighted by Gasteiger charge is 2.23. The van der Waals surface area contributed by atoms with Crippen LogP contribution in [0.1, 0.15) is 24.8 Å². The first-order valence-electron chi connectivity index (χ1n) is 8.65. The second-order valence-electron chi connectivity index (χ2n) is 6.54. The van der Waals surface area contributed by atoms with Crippen molar-refractivity contribution in [2.24, 2.45) is 5.92 Å². The molecule has 0 spiro atoms. The normalized spacial score (nSPS) is 17.5. The lowest BCUT2D eigenvalue weighted by Gasteiger charge is -2.33. The molecule has 1 saturated heterocycles. The van der Waals surface area contributed by atoms with Crippen LogP contribution in [0, 0.1) is 11.7 Å². The standard InChI is InChI=1S/C19H22FN3O2/c20-17-8-6-15(7-9-17)4-5-16-3-1-11-22(13-16)18(24)14-23-12-2-10-21-19(23)25/h2,6-10,12,16H,1,3-5,11,13-14H2. The Bertz CT molecular complexity index is 773. The van der Waals surface area contributed by atoms with Crippen molar-refractivity contribution in [2.45, 2.75) is 32.2 Å². The average Bonchev–Trinajstić information content (AvgIpc) is 2.63. The predicted molar refractivity (Wildman–Crippen MR) is 92.5 cm³/mol. The van der Waals surface area contributed by atoms with E-state index in [1.165, 1.54) is 22.9 Å². The first-order valence-corrected chi connectivity index (χ1v) is 8.65. The van der Waals surface area contributed by atoms with Crippen LogP contribution in [-0.2, 0) is 17.8 Å². The van der Waals surface area contributed by atoms with Crippen molar-refractivity contribution in [3.05, 3.63) is 64.6 Å². The van der Waals surface area contributed by atoms with Crippen LogP contribution < -0.4 is 5.69 Å². The number of aryl methyl sites for hydroxylation is 1. The number of carbonyl (C=O) groups excluding carboxylic acids is 1. The topological polar surface area (TPSA) is 55.2 Å². The molecule has 1 atom stereocenters. The van der Waals surface area contributed by atoms with Gasteiger partial charge in [-0.1, -0.05) is 12.1 Å². The lowest BCUT2D eigenvalue weighted by Crippen LogP contribution is -2.43. The van der Waals surface area contributed by atoms with Gasteiger partial charge in [-0.2, -0.15) is 0 Å². The summed E-state index contributed by atoms with van der Waals surface area (Å²) in [6.45, 7) is 1.49. The van der Waals surface area contributed by atoms with Crippen molar-refractivity contribution >= 4 is 5.91 Å². The maximum Gasteiger partial charge on any atom is 0.347 e. The second-order valence-corrected chi connectivity index (χ2v) is 6.54. The number of nitrogens with zero attached hydrogens (tertiary/aromatic N) is 3. The van der Waals surface area contributed by atoms with Gasteiger partial charge in [-0.05, 0) is 55.4 Å². The Morgan fingerprint density at radius 1 is 1.28 bits per heavy atom. The van der Waals surface area contributed by atoms with Crippen molar-refractivity contribution in [1.29, 1.82) is 0 Å². The minimum Gasteiger partial charge on any atom is -0.341 e. The van der Waals surface area contributed by atoms with E-state index in [0.717, 1.165) is 44.3 Å². The molecule has 0 aliphatic carbocycles. The summed E-state index contributed by atoms with van der Waals surface area (Å²) in [6, 6.07) is 8.25. The number of rotatable bonds is 5. The number of carbonyl (C=O) groups is 1. The lowest BCUT2D eigenvalue weighted by atomic mass is 9.91. The van der Waals surface area contributed by atoms with Crippen molar-refractivity contribution < 1.29 is 9.18 Å². The minimum atomic E-state index is -0.402. The Kier molecular flexibility index (Phi) is 5.58. The zero-order valence-electron chi connectivity index (χ0n) is 14.1. The first kappa shape index (κ1) is 17.3. The zero-order valence-corrected chi connectivity index (χ0v) is 14.1. The molecule has 2 heterocycles. The average molecular weight is 343 g/mol. The van der Waals surface area contributed by atoms with Gasteiger partial charge < -0.3 is 4.90 Å². The summed E-state index contributed by atoms with van der Waals surface area (Å²) >= 11 is 0. The maximum absolute atomic E-state index is 13.0. The molecule has 3 rings (SSSR count). The van der Waals surface area contributed by atoms with Gasteiger partial charge in [0.05, 0.1) is 0 Å². The van der Waals surface area contributed by atoms with Crippen molar-refractivity contribution in [1.82, 2.24) is 14.5 Å². The van der Waals surface area contributed by atoms with Crippen LogP contribution >= 0.6 is 0 Å². The summed E-state index contributed by atoms with van der Waals surface area (Å²) in [5.74, 6) is 0.179. The molecule has 5 nitrogen and oxygen atoms in total. The van der Waals surface area contributed by atoms with Crippen LogP contribution in [0.25, 0.3) is 0 Å². The van der Waals surface area contributed by atoms with E-state index in [4.69, 9.17) is 0 Å². The van der Waals surface area contributed by atoms with Crippen LogP contribution in [0.15, 0.2) is 47.5 Å². The molecule has 1 aliphatic heterocycles.